The van der Waals surface area contributed by atoms with E-state index in [1.165, 1.54) is 0 Å². The van der Waals surface area contributed by atoms with Crippen LogP contribution in [0.25, 0.3) is 0 Å². The lowest BCUT2D eigenvalue weighted by Crippen LogP contribution is -1.98. The first-order chi connectivity index (χ1) is 10.2. The number of benzene rings is 1. The van der Waals surface area contributed by atoms with Gasteiger partial charge in [-0.25, -0.2) is 0 Å². The number of aryl methyl sites for hydroxylation is 2. The van der Waals surface area contributed by atoms with Gasteiger partial charge < -0.3 is 4.74 Å². The SMILES string of the molecule is CCc1nn(C)c(CC)c1Oc1c(C#N)cccc1C#N. The van der Waals surface area contributed by atoms with E-state index in [0.717, 1.165) is 24.2 Å². The van der Waals surface area contributed by atoms with Crippen molar-refractivity contribution < 1.29 is 4.74 Å². The largest absolute Gasteiger partial charge is 0.451 e. The molecule has 0 bridgehead atoms. The molecule has 1 aromatic carbocycles. The van der Waals surface area contributed by atoms with E-state index in [-0.39, 0.29) is 0 Å². The summed E-state index contributed by atoms with van der Waals surface area (Å²) in [6.07, 6.45) is 1.48. The average Bonchev–Trinajstić information content (AvgIpc) is 2.82. The molecule has 0 aliphatic carbocycles. The maximum atomic E-state index is 9.21. The summed E-state index contributed by atoms with van der Waals surface area (Å²) < 4.78 is 7.75. The Balaban J connectivity index is 2.59. The first-order valence-corrected chi connectivity index (χ1v) is 6.82. The molecule has 0 amide bonds. The van der Waals surface area contributed by atoms with E-state index in [1.807, 2.05) is 20.9 Å². The van der Waals surface area contributed by atoms with Gasteiger partial charge in [-0.2, -0.15) is 15.6 Å². The normalized spacial score (nSPS) is 9.95. The van der Waals surface area contributed by atoms with Gasteiger partial charge >= 0.3 is 0 Å². The molecule has 1 aromatic heterocycles. The molecular weight excluding hydrogens is 264 g/mol. The summed E-state index contributed by atoms with van der Waals surface area (Å²) in [5, 5.41) is 22.9. The highest BCUT2D eigenvalue weighted by Gasteiger charge is 2.19. The lowest BCUT2D eigenvalue weighted by atomic mass is 10.1. The summed E-state index contributed by atoms with van der Waals surface area (Å²) in [6.45, 7) is 4.01. The standard InChI is InChI=1S/C16H16N4O/c1-4-13-16(14(5-2)20(3)19-13)21-15-11(9-17)7-6-8-12(15)10-18/h6-8H,4-5H2,1-3H3. The fourth-order valence-corrected chi connectivity index (χ4v) is 2.26. The molecule has 0 unspecified atom stereocenters. The minimum absolute atomic E-state index is 0.305. The molecule has 2 rings (SSSR count). The number of nitrogens with zero attached hydrogens (tertiary/aromatic N) is 4. The molecule has 0 N–H and O–H groups in total. The summed E-state index contributed by atoms with van der Waals surface area (Å²) in [5.74, 6) is 0.960. The maximum absolute atomic E-state index is 9.21. The number of nitriles is 2. The number of ether oxygens (including phenoxy) is 1. The van der Waals surface area contributed by atoms with E-state index >= 15 is 0 Å². The van der Waals surface area contributed by atoms with Gasteiger partial charge in [0.15, 0.2) is 11.5 Å². The zero-order chi connectivity index (χ0) is 15.4. The molecule has 106 valence electrons. The molecule has 1 heterocycles. The van der Waals surface area contributed by atoms with Crippen LogP contribution in [0.4, 0.5) is 0 Å². The van der Waals surface area contributed by atoms with E-state index in [4.69, 9.17) is 4.74 Å². The predicted molar refractivity (Wildman–Crippen MR) is 77.9 cm³/mol. The number of para-hydroxylation sites is 1. The minimum Gasteiger partial charge on any atom is -0.451 e. The lowest BCUT2D eigenvalue weighted by molar-refractivity contribution is 0.467. The van der Waals surface area contributed by atoms with Gasteiger partial charge in [0.2, 0.25) is 0 Å². The van der Waals surface area contributed by atoms with Crippen molar-refractivity contribution in [3.8, 4) is 23.6 Å². The highest BCUT2D eigenvalue weighted by atomic mass is 16.5. The average molecular weight is 280 g/mol. The molecule has 0 saturated carbocycles. The van der Waals surface area contributed by atoms with E-state index in [9.17, 15) is 10.5 Å². The Hall–Kier alpha value is -2.79. The molecular formula is C16H16N4O. The molecule has 0 spiro atoms. The van der Waals surface area contributed by atoms with E-state index in [0.29, 0.717) is 22.6 Å². The molecule has 0 fully saturated rings. The highest BCUT2D eigenvalue weighted by molar-refractivity contribution is 5.55. The Labute approximate surface area is 124 Å². The number of hydrogen-bond donors (Lipinski definition) is 0. The zero-order valence-electron chi connectivity index (χ0n) is 12.3. The molecule has 0 radical (unpaired) electrons. The van der Waals surface area contributed by atoms with Crippen molar-refractivity contribution >= 4 is 0 Å². The van der Waals surface area contributed by atoms with Crippen LogP contribution in [0, 0.1) is 22.7 Å². The molecule has 0 atom stereocenters. The van der Waals surface area contributed by atoms with E-state index < -0.39 is 0 Å². The van der Waals surface area contributed by atoms with Gasteiger partial charge in [0.05, 0.1) is 16.8 Å². The molecule has 0 aliphatic rings. The molecule has 5 nitrogen and oxygen atoms in total. The number of rotatable bonds is 4. The van der Waals surface area contributed by atoms with Gasteiger partial charge in [-0.15, -0.1) is 0 Å². The van der Waals surface area contributed by atoms with Gasteiger partial charge in [-0.3, -0.25) is 4.68 Å². The molecule has 21 heavy (non-hydrogen) atoms. The van der Waals surface area contributed by atoms with Gasteiger partial charge in [0.1, 0.15) is 17.8 Å². The summed E-state index contributed by atoms with van der Waals surface area (Å²) in [7, 11) is 1.87. The van der Waals surface area contributed by atoms with Gasteiger partial charge in [-0.1, -0.05) is 19.9 Å². The molecule has 2 aromatic rings. The van der Waals surface area contributed by atoms with E-state index in [1.54, 1.807) is 22.9 Å². The van der Waals surface area contributed by atoms with Crippen molar-refractivity contribution in [3.63, 3.8) is 0 Å². The minimum atomic E-state index is 0.305. The summed E-state index contributed by atoms with van der Waals surface area (Å²) >= 11 is 0. The van der Waals surface area contributed by atoms with Crippen molar-refractivity contribution in [2.75, 3.05) is 0 Å². The van der Waals surface area contributed by atoms with E-state index in [2.05, 4.69) is 17.2 Å². The highest BCUT2D eigenvalue weighted by Crippen LogP contribution is 2.33. The second-order valence-corrected chi connectivity index (χ2v) is 4.56. The number of hydrogen-bond acceptors (Lipinski definition) is 4. The topological polar surface area (TPSA) is 74.6 Å². The van der Waals surface area contributed by atoms with Crippen molar-refractivity contribution in [2.45, 2.75) is 26.7 Å². The fraction of sp³-hybridized carbons (Fsp3) is 0.312. The molecule has 0 aliphatic heterocycles. The third-order valence-electron chi connectivity index (χ3n) is 3.32. The maximum Gasteiger partial charge on any atom is 0.171 e. The van der Waals surface area contributed by atoms with Crippen LogP contribution < -0.4 is 4.74 Å². The van der Waals surface area contributed by atoms with Crippen LogP contribution >= 0.6 is 0 Å². The first-order valence-electron chi connectivity index (χ1n) is 6.82. The molecule has 0 saturated heterocycles. The quantitative estimate of drug-likeness (QED) is 0.862. The predicted octanol–water partition coefficient (Wildman–Crippen LogP) is 3.08. The Kier molecular flexibility index (Phi) is 4.25. The second kappa shape index (κ2) is 6.11. The van der Waals surface area contributed by atoms with Crippen LogP contribution in [0.15, 0.2) is 18.2 Å². The second-order valence-electron chi connectivity index (χ2n) is 4.56. The van der Waals surface area contributed by atoms with Crippen molar-refractivity contribution in [3.05, 3.63) is 40.7 Å². The van der Waals surface area contributed by atoms with Gasteiger partial charge in [0, 0.05) is 7.05 Å². The fourth-order valence-electron chi connectivity index (χ4n) is 2.26. The van der Waals surface area contributed by atoms with Crippen LogP contribution in [-0.4, -0.2) is 9.78 Å². The zero-order valence-corrected chi connectivity index (χ0v) is 12.3. The Morgan fingerprint density at radius 3 is 2.19 bits per heavy atom. The van der Waals surface area contributed by atoms with Crippen LogP contribution in [0.2, 0.25) is 0 Å². The summed E-state index contributed by atoms with van der Waals surface area (Å²) in [4.78, 5) is 0. The smallest absolute Gasteiger partial charge is 0.171 e. The van der Waals surface area contributed by atoms with Gasteiger partial charge in [-0.05, 0) is 25.0 Å². The Bertz CT molecular complexity index is 715. The van der Waals surface area contributed by atoms with Crippen LogP contribution in [-0.2, 0) is 19.9 Å². The monoisotopic (exact) mass is 280 g/mol. The third kappa shape index (κ3) is 2.59. The van der Waals surface area contributed by atoms with Crippen molar-refractivity contribution in [1.29, 1.82) is 10.5 Å². The summed E-state index contributed by atoms with van der Waals surface area (Å²) in [6, 6.07) is 9.10. The van der Waals surface area contributed by atoms with Crippen LogP contribution in [0.5, 0.6) is 11.5 Å². The Morgan fingerprint density at radius 2 is 1.71 bits per heavy atom. The van der Waals surface area contributed by atoms with Crippen molar-refractivity contribution in [1.82, 2.24) is 9.78 Å². The Morgan fingerprint density at radius 1 is 1.10 bits per heavy atom. The van der Waals surface area contributed by atoms with Gasteiger partial charge in [0.25, 0.3) is 0 Å². The van der Waals surface area contributed by atoms with Crippen LogP contribution in [0.3, 0.4) is 0 Å². The summed E-state index contributed by atoms with van der Waals surface area (Å²) in [5.41, 5.74) is 2.47. The van der Waals surface area contributed by atoms with Crippen LogP contribution in [0.1, 0.15) is 36.4 Å². The van der Waals surface area contributed by atoms with Crippen molar-refractivity contribution in [2.24, 2.45) is 7.05 Å². The number of aromatic nitrogens is 2. The molecule has 5 heteroatoms. The third-order valence-corrected chi connectivity index (χ3v) is 3.32. The lowest BCUT2D eigenvalue weighted by Gasteiger charge is -2.10. The first kappa shape index (κ1) is 14.6.